The van der Waals surface area contributed by atoms with Crippen LogP contribution in [-0.4, -0.2) is 0 Å². The summed E-state index contributed by atoms with van der Waals surface area (Å²) < 4.78 is 0.920. The van der Waals surface area contributed by atoms with E-state index in [0.29, 0.717) is 5.69 Å². The number of benzene rings is 2. The summed E-state index contributed by atoms with van der Waals surface area (Å²) in [5.74, 6) is 0. The van der Waals surface area contributed by atoms with E-state index < -0.39 is 0 Å². The van der Waals surface area contributed by atoms with Gasteiger partial charge in [0.2, 0.25) is 0 Å². The van der Waals surface area contributed by atoms with Gasteiger partial charge in [-0.15, -0.1) is 0 Å². The van der Waals surface area contributed by atoms with Crippen LogP contribution in [0.2, 0.25) is 5.02 Å². The normalized spacial score (nSPS) is 9.81. The van der Waals surface area contributed by atoms with Crippen molar-refractivity contribution < 1.29 is 0 Å². The van der Waals surface area contributed by atoms with Crippen LogP contribution in [0.15, 0.2) is 46.9 Å². The van der Waals surface area contributed by atoms with Gasteiger partial charge in [0.15, 0.2) is 5.69 Å². The van der Waals surface area contributed by atoms with Gasteiger partial charge in [-0.05, 0) is 29.3 Å². The second-order valence-corrected chi connectivity index (χ2v) is 4.57. The summed E-state index contributed by atoms with van der Waals surface area (Å²) >= 11 is 9.30. The first-order chi connectivity index (χ1) is 7.70. The van der Waals surface area contributed by atoms with Crippen LogP contribution in [0.3, 0.4) is 0 Å². The summed E-state index contributed by atoms with van der Waals surface area (Å²) in [6.07, 6.45) is 0. The highest BCUT2D eigenvalue weighted by Gasteiger charge is 2.03. The van der Waals surface area contributed by atoms with Crippen molar-refractivity contribution in [3.63, 3.8) is 0 Å². The number of halogens is 2. The maximum absolute atomic E-state index is 6.93. The molecule has 0 saturated heterocycles. The molecule has 1 nitrogen and oxygen atoms in total. The Balaban J connectivity index is 2.49. The Bertz CT molecular complexity index is 555. The van der Waals surface area contributed by atoms with Crippen molar-refractivity contribution in [1.82, 2.24) is 0 Å². The number of nitrogens with zero attached hydrogens (tertiary/aromatic N) is 1. The smallest absolute Gasteiger partial charge is 0.188 e. The van der Waals surface area contributed by atoms with Crippen molar-refractivity contribution >= 4 is 33.2 Å². The molecule has 2 aromatic rings. The third-order valence-electron chi connectivity index (χ3n) is 2.24. The maximum atomic E-state index is 6.93. The topological polar surface area (TPSA) is 4.36 Å². The van der Waals surface area contributed by atoms with Crippen molar-refractivity contribution in [2.75, 3.05) is 0 Å². The molecule has 0 radical (unpaired) electrons. The van der Waals surface area contributed by atoms with E-state index in [2.05, 4.69) is 20.8 Å². The van der Waals surface area contributed by atoms with Gasteiger partial charge < -0.3 is 0 Å². The van der Waals surface area contributed by atoms with Crippen LogP contribution in [0.1, 0.15) is 0 Å². The van der Waals surface area contributed by atoms with E-state index in [1.807, 2.05) is 42.5 Å². The largest absolute Gasteiger partial charge is 0.238 e. The van der Waals surface area contributed by atoms with Gasteiger partial charge in [-0.2, -0.15) is 0 Å². The van der Waals surface area contributed by atoms with Crippen LogP contribution < -0.4 is 0 Å². The van der Waals surface area contributed by atoms with Crippen LogP contribution in [0, 0.1) is 6.57 Å². The van der Waals surface area contributed by atoms with E-state index in [9.17, 15) is 0 Å². The van der Waals surface area contributed by atoms with Gasteiger partial charge in [0.05, 0.1) is 6.57 Å². The Morgan fingerprint density at radius 2 is 1.75 bits per heavy atom. The molecule has 78 valence electrons. The van der Waals surface area contributed by atoms with E-state index >= 15 is 0 Å². The molecule has 0 amide bonds. The second kappa shape index (κ2) is 4.69. The molecule has 0 bridgehead atoms. The first kappa shape index (κ1) is 11.2. The summed E-state index contributed by atoms with van der Waals surface area (Å²) in [5, 5.41) is 0.720. The predicted octanol–water partition coefficient (Wildman–Crippen LogP) is 5.32. The van der Waals surface area contributed by atoms with E-state index in [1.165, 1.54) is 0 Å². The first-order valence-corrected chi connectivity index (χ1v) is 5.81. The standard InChI is InChI=1S/C13H7BrClN/c1-16-11-6-7-12(13(14)8-11)9-2-4-10(15)5-3-9/h2-8H. The second-order valence-electron chi connectivity index (χ2n) is 3.28. The summed E-state index contributed by atoms with van der Waals surface area (Å²) in [4.78, 5) is 3.38. The molecule has 0 saturated carbocycles. The predicted molar refractivity (Wildman–Crippen MR) is 70.9 cm³/mol. The lowest BCUT2D eigenvalue weighted by Crippen LogP contribution is -1.79. The Morgan fingerprint density at radius 1 is 1.06 bits per heavy atom. The minimum Gasteiger partial charge on any atom is -0.238 e. The summed E-state index contributed by atoms with van der Waals surface area (Å²) in [6.45, 7) is 6.93. The highest BCUT2D eigenvalue weighted by atomic mass is 79.9. The summed E-state index contributed by atoms with van der Waals surface area (Å²) in [7, 11) is 0. The fourth-order valence-corrected chi connectivity index (χ4v) is 2.16. The Hall–Kier alpha value is -1.30. The van der Waals surface area contributed by atoms with Crippen LogP contribution in [0.25, 0.3) is 16.0 Å². The Labute approximate surface area is 108 Å². The van der Waals surface area contributed by atoms with Gasteiger partial charge in [-0.1, -0.05) is 51.8 Å². The summed E-state index contributed by atoms with van der Waals surface area (Å²) in [6, 6.07) is 13.2. The molecule has 0 fully saturated rings. The van der Waals surface area contributed by atoms with Gasteiger partial charge in [-0.25, -0.2) is 4.85 Å². The van der Waals surface area contributed by atoms with Crippen LogP contribution in [-0.2, 0) is 0 Å². The minimum absolute atomic E-state index is 0.629. The van der Waals surface area contributed by atoms with E-state index in [-0.39, 0.29) is 0 Å². The molecule has 0 aliphatic heterocycles. The zero-order valence-corrected chi connectivity index (χ0v) is 10.6. The maximum Gasteiger partial charge on any atom is 0.188 e. The fraction of sp³-hybridized carbons (Fsp3) is 0. The van der Waals surface area contributed by atoms with E-state index in [4.69, 9.17) is 18.2 Å². The van der Waals surface area contributed by atoms with Gasteiger partial charge in [0.25, 0.3) is 0 Å². The molecule has 3 heteroatoms. The van der Waals surface area contributed by atoms with Gasteiger partial charge in [0.1, 0.15) is 0 Å². The van der Waals surface area contributed by atoms with Crippen LogP contribution >= 0.6 is 27.5 Å². The lowest BCUT2D eigenvalue weighted by atomic mass is 10.1. The highest BCUT2D eigenvalue weighted by Crippen LogP contribution is 2.32. The third kappa shape index (κ3) is 2.27. The lowest BCUT2D eigenvalue weighted by Gasteiger charge is -2.05. The van der Waals surface area contributed by atoms with E-state index in [0.717, 1.165) is 20.6 Å². The van der Waals surface area contributed by atoms with Crippen LogP contribution in [0.5, 0.6) is 0 Å². The average molecular weight is 293 g/mol. The minimum atomic E-state index is 0.629. The molecule has 0 spiro atoms. The van der Waals surface area contributed by atoms with Crippen molar-refractivity contribution in [2.24, 2.45) is 0 Å². The van der Waals surface area contributed by atoms with Gasteiger partial charge >= 0.3 is 0 Å². The molecular weight excluding hydrogens is 286 g/mol. The van der Waals surface area contributed by atoms with Crippen LogP contribution in [0.4, 0.5) is 5.69 Å². The Morgan fingerprint density at radius 3 is 2.31 bits per heavy atom. The number of rotatable bonds is 1. The molecule has 2 rings (SSSR count). The summed E-state index contributed by atoms with van der Waals surface area (Å²) in [5.41, 5.74) is 2.77. The Kier molecular flexibility index (Phi) is 3.28. The third-order valence-corrected chi connectivity index (χ3v) is 3.15. The van der Waals surface area contributed by atoms with Crippen molar-refractivity contribution in [1.29, 1.82) is 0 Å². The molecule has 0 aliphatic rings. The zero-order chi connectivity index (χ0) is 11.5. The molecule has 0 aromatic heterocycles. The number of hydrogen-bond donors (Lipinski definition) is 0. The fourth-order valence-electron chi connectivity index (χ4n) is 1.44. The molecule has 0 atom stereocenters. The molecule has 16 heavy (non-hydrogen) atoms. The SMILES string of the molecule is [C-]#[N+]c1ccc(-c2ccc(Cl)cc2)c(Br)c1. The van der Waals surface area contributed by atoms with E-state index in [1.54, 1.807) is 0 Å². The molecule has 0 unspecified atom stereocenters. The zero-order valence-electron chi connectivity index (χ0n) is 8.24. The molecule has 0 aliphatic carbocycles. The molecule has 2 aromatic carbocycles. The average Bonchev–Trinajstić information content (AvgIpc) is 2.30. The van der Waals surface area contributed by atoms with Crippen molar-refractivity contribution in [3.05, 3.63) is 63.4 Å². The molecule has 0 heterocycles. The highest BCUT2D eigenvalue weighted by molar-refractivity contribution is 9.10. The monoisotopic (exact) mass is 291 g/mol. The lowest BCUT2D eigenvalue weighted by molar-refractivity contribution is 1.59. The van der Waals surface area contributed by atoms with Gasteiger partial charge in [-0.3, -0.25) is 0 Å². The molecular formula is C13H7BrClN. The quantitative estimate of drug-likeness (QED) is 0.627. The molecule has 0 N–H and O–H groups in total. The van der Waals surface area contributed by atoms with Crippen molar-refractivity contribution in [2.45, 2.75) is 0 Å². The van der Waals surface area contributed by atoms with Gasteiger partial charge in [0, 0.05) is 9.50 Å². The number of hydrogen-bond acceptors (Lipinski definition) is 0. The van der Waals surface area contributed by atoms with Crippen molar-refractivity contribution in [3.8, 4) is 11.1 Å². The first-order valence-electron chi connectivity index (χ1n) is 4.63.